The van der Waals surface area contributed by atoms with Gasteiger partial charge >= 0.3 is 11.9 Å². The predicted octanol–water partition coefficient (Wildman–Crippen LogP) is 4.59. The quantitative estimate of drug-likeness (QED) is 0.393. The van der Waals surface area contributed by atoms with Crippen LogP contribution < -0.4 is 5.32 Å². The minimum atomic E-state index is -1.26. The lowest BCUT2D eigenvalue weighted by molar-refractivity contribution is -0.134. The van der Waals surface area contributed by atoms with Gasteiger partial charge in [-0.2, -0.15) is 0 Å². The third-order valence-corrected chi connectivity index (χ3v) is 5.82. The molecule has 1 amide bonds. The van der Waals surface area contributed by atoms with E-state index in [-0.39, 0.29) is 5.91 Å². The third-order valence-electron chi connectivity index (χ3n) is 5.59. The van der Waals surface area contributed by atoms with E-state index < -0.39 is 11.9 Å². The first-order chi connectivity index (χ1) is 16.2. The smallest absolute Gasteiger partial charge is 0.328 e. The summed E-state index contributed by atoms with van der Waals surface area (Å²) in [7, 11) is 2.18. The predicted molar refractivity (Wildman–Crippen MR) is 132 cm³/mol. The van der Waals surface area contributed by atoms with Gasteiger partial charge in [-0.3, -0.25) is 4.79 Å². The fourth-order valence-electron chi connectivity index (χ4n) is 3.85. The second kappa shape index (κ2) is 11.5. The third kappa shape index (κ3) is 6.94. The Morgan fingerprint density at radius 1 is 1.06 bits per heavy atom. The molecule has 0 saturated carbocycles. The zero-order valence-corrected chi connectivity index (χ0v) is 19.4. The molecule has 2 aromatic carbocycles. The van der Waals surface area contributed by atoms with Gasteiger partial charge in [-0.1, -0.05) is 17.7 Å². The zero-order valence-electron chi connectivity index (χ0n) is 18.6. The fraction of sp³-hybridized carbons (Fsp3) is 0.240. The standard InChI is InChI=1S/C21H22ClN3O.C4H4O4/c1-25-9-7-14(8-10-25)19-13-23-20-6-5-17(12-18(19)20)24-21(26)15-3-2-4-16(22)11-15;5-3(6)1-2-4(7)8/h2-6,11-14,23H,7-10H2,1H3,(H,24,26);1-2H,(H,5,6)(H,7,8). The number of aromatic amines is 1. The first-order valence-corrected chi connectivity index (χ1v) is 11.1. The van der Waals surface area contributed by atoms with Crippen LogP contribution in [0, 0.1) is 0 Å². The highest BCUT2D eigenvalue weighted by Gasteiger charge is 2.21. The number of nitrogens with one attached hydrogen (secondary N) is 2. The van der Waals surface area contributed by atoms with Gasteiger partial charge in [0.25, 0.3) is 5.91 Å². The molecule has 9 heteroatoms. The van der Waals surface area contributed by atoms with Crippen molar-refractivity contribution in [2.45, 2.75) is 18.8 Å². The molecule has 3 aromatic rings. The number of likely N-dealkylation sites (tertiary alicyclic amines) is 1. The average molecular weight is 484 g/mol. The molecular formula is C25H26ClN3O5. The molecule has 1 aliphatic rings. The maximum Gasteiger partial charge on any atom is 0.328 e. The molecule has 4 rings (SSSR count). The van der Waals surface area contributed by atoms with Gasteiger partial charge in [0.1, 0.15) is 0 Å². The topological polar surface area (TPSA) is 123 Å². The minimum Gasteiger partial charge on any atom is -0.478 e. The highest BCUT2D eigenvalue weighted by Crippen LogP contribution is 2.34. The van der Waals surface area contributed by atoms with E-state index in [1.54, 1.807) is 24.3 Å². The van der Waals surface area contributed by atoms with E-state index in [1.807, 2.05) is 12.1 Å². The van der Waals surface area contributed by atoms with Crippen LogP contribution in [0.5, 0.6) is 0 Å². The van der Waals surface area contributed by atoms with E-state index in [0.29, 0.717) is 28.7 Å². The average Bonchev–Trinajstić information content (AvgIpc) is 3.22. The Labute approximate surface area is 201 Å². The van der Waals surface area contributed by atoms with Crippen molar-refractivity contribution in [1.82, 2.24) is 9.88 Å². The summed E-state index contributed by atoms with van der Waals surface area (Å²) in [5.74, 6) is -2.10. The molecule has 4 N–H and O–H groups in total. The number of H-pyrrole nitrogens is 1. The number of aromatic nitrogens is 1. The molecule has 0 spiro atoms. The molecule has 0 atom stereocenters. The molecule has 0 unspecified atom stereocenters. The number of halogens is 1. The van der Waals surface area contributed by atoms with Crippen LogP contribution in [0.3, 0.4) is 0 Å². The molecule has 8 nitrogen and oxygen atoms in total. The molecule has 1 aromatic heterocycles. The Kier molecular flexibility index (Phi) is 8.45. The molecular weight excluding hydrogens is 458 g/mol. The maximum absolute atomic E-state index is 12.5. The van der Waals surface area contributed by atoms with Gasteiger partial charge in [0, 0.05) is 45.5 Å². The number of carbonyl (C=O) groups is 3. The molecule has 1 saturated heterocycles. The van der Waals surface area contributed by atoms with Gasteiger partial charge in [-0.05, 0) is 80.9 Å². The van der Waals surface area contributed by atoms with Crippen LogP contribution in [0.25, 0.3) is 10.9 Å². The van der Waals surface area contributed by atoms with Crippen molar-refractivity contribution in [2.75, 3.05) is 25.5 Å². The number of piperidine rings is 1. The lowest BCUT2D eigenvalue weighted by Gasteiger charge is -2.28. The van der Waals surface area contributed by atoms with Gasteiger partial charge in [-0.15, -0.1) is 0 Å². The molecule has 0 radical (unpaired) electrons. The van der Waals surface area contributed by atoms with E-state index in [0.717, 1.165) is 24.3 Å². The van der Waals surface area contributed by atoms with E-state index >= 15 is 0 Å². The molecule has 34 heavy (non-hydrogen) atoms. The van der Waals surface area contributed by atoms with Crippen LogP contribution in [-0.2, 0) is 9.59 Å². The maximum atomic E-state index is 12.5. The van der Waals surface area contributed by atoms with Gasteiger partial charge in [0.05, 0.1) is 0 Å². The van der Waals surface area contributed by atoms with Crippen LogP contribution in [0.2, 0.25) is 5.02 Å². The van der Waals surface area contributed by atoms with E-state index in [1.165, 1.54) is 23.8 Å². The second-order valence-corrected chi connectivity index (χ2v) is 8.49. The molecule has 2 heterocycles. The van der Waals surface area contributed by atoms with Gasteiger partial charge in [0.15, 0.2) is 0 Å². The number of fused-ring (bicyclic) bond motifs is 1. The van der Waals surface area contributed by atoms with Crippen LogP contribution in [0.1, 0.15) is 34.7 Å². The lowest BCUT2D eigenvalue weighted by atomic mass is 9.89. The number of carbonyl (C=O) groups excluding carboxylic acids is 1. The number of benzene rings is 2. The summed E-state index contributed by atoms with van der Waals surface area (Å²) in [6, 6.07) is 13.0. The van der Waals surface area contributed by atoms with Crippen molar-refractivity contribution in [3.05, 3.63) is 77.0 Å². The fourth-order valence-corrected chi connectivity index (χ4v) is 4.04. The Balaban J connectivity index is 0.000000350. The summed E-state index contributed by atoms with van der Waals surface area (Å²) < 4.78 is 0. The lowest BCUT2D eigenvalue weighted by Crippen LogP contribution is -2.29. The van der Waals surface area contributed by atoms with Crippen LogP contribution >= 0.6 is 11.6 Å². The molecule has 178 valence electrons. The second-order valence-electron chi connectivity index (χ2n) is 8.06. The number of hydrogen-bond donors (Lipinski definition) is 4. The zero-order chi connectivity index (χ0) is 24.7. The van der Waals surface area contributed by atoms with Gasteiger partial charge in [-0.25, -0.2) is 9.59 Å². The number of carboxylic acids is 2. The number of rotatable bonds is 5. The SMILES string of the molecule is CN1CCC(c2c[nH]c3ccc(NC(=O)c4cccc(Cl)c4)cc23)CC1.O=C(O)C=CC(=O)O. The minimum absolute atomic E-state index is 0.150. The highest BCUT2D eigenvalue weighted by molar-refractivity contribution is 6.31. The Hall–Kier alpha value is -3.62. The normalized spacial score (nSPS) is 14.5. The van der Waals surface area contributed by atoms with Crippen LogP contribution in [0.15, 0.2) is 60.8 Å². The number of aliphatic carboxylic acids is 2. The highest BCUT2D eigenvalue weighted by atomic mass is 35.5. The largest absolute Gasteiger partial charge is 0.478 e. The van der Waals surface area contributed by atoms with Crippen molar-refractivity contribution < 1.29 is 24.6 Å². The van der Waals surface area contributed by atoms with Crippen molar-refractivity contribution in [3.63, 3.8) is 0 Å². The summed E-state index contributed by atoms with van der Waals surface area (Å²) in [6.45, 7) is 2.26. The summed E-state index contributed by atoms with van der Waals surface area (Å²) in [5.41, 5.74) is 3.82. The van der Waals surface area contributed by atoms with Crippen molar-refractivity contribution in [3.8, 4) is 0 Å². The van der Waals surface area contributed by atoms with E-state index in [9.17, 15) is 14.4 Å². The van der Waals surface area contributed by atoms with E-state index in [2.05, 4.69) is 34.5 Å². The summed E-state index contributed by atoms with van der Waals surface area (Å²) in [4.78, 5) is 37.3. The van der Waals surface area contributed by atoms with Crippen LogP contribution in [-0.4, -0.2) is 58.1 Å². The summed E-state index contributed by atoms with van der Waals surface area (Å²) in [5, 5.41) is 20.4. The Bertz CT molecular complexity index is 1200. The number of anilines is 1. The first-order valence-electron chi connectivity index (χ1n) is 10.7. The molecule has 1 fully saturated rings. The Morgan fingerprint density at radius 2 is 1.74 bits per heavy atom. The number of nitrogens with zero attached hydrogens (tertiary/aromatic N) is 1. The van der Waals surface area contributed by atoms with Crippen LogP contribution in [0.4, 0.5) is 5.69 Å². The van der Waals surface area contributed by atoms with Crippen molar-refractivity contribution >= 4 is 46.0 Å². The molecule has 0 bridgehead atoms. The number of hydrogen-bond acceptors (Lipinski definition) is 4. The molecule has 1 aliphatic heterocycles. The first kappa shape index (κ1) is 25.0. The number of amides is 1. The monoisotopic (exact) mass is 483 g/mol. The summed E-state index contributed by atoms with van der Waals surface area (Å²) in [6.07, 6.45) is 5.58. The van der Waals surface area contributed by atoms with E-state index in [4.69, 9.17) is 21.8 Å². The van der Waals surface area contributed by atoms with Gasteiger partial charge < -0.3 is 25.4 Å². The van der Waals surface area contributed by atoms with Gasteiger partial charge in [0.2, 0.25) is 0 Å². The Morgan fingerprint density at radius 3 is 2.35 bits per heavy atom. The van der Waals surface area contributed by atoms with Crippen molar-refractivity contribution in [1.29, 1.82) is 0 Å². The van der Waals surface area contributed by atoms with Crippen molar-refractivity contribution in [2.24, 2.45) is 0 Å². The molecule has 0 aliphatic carbocycles. The number of carboxylic acid groups (broad SMARTS) is 2. The summed E-state index contributed by atoms with van der Waals surface area (Å²) >= 11 is 5.98.